The van der Waals surface area contributed by atoms with Crippen molar-refractivity contribution in [1.29, 1.82) is 0 Å². The third-order valence-electron chi connectivity index (χ3n) is 2.13. The number of halogens is 2. The van der Waals surface area contributed by atoms with E-state index in [1.165, 1.54) is 0 Å². The minimum atomic E-state index is 0.670. The van der Waals surface area contributed by atoms with Gasteiger partial charge in [-0.15, -0.1) is 0 Å². The summed E-state index contributed by atoms with van der Waals surface area (Å²) in [5.74, 6) is 0. The van der Waals surface area contributed by atoms with Crippen LogP contribution in [-0.4, -0.2) is 6.29 Å². The number of aldehydes is 1. The summed E-state index contributed by atoms with van der Waals surface area (Å²) in [7, 11) is 0. The van der Waals surface area contributed by atoms with Crippen LogP contribution in [0.4, 0.5) is 0 Å². The molecule has 0 aliphatic rings. The molecule has 0 aromatic heterocycles. The Morgan fingerprint density at radius 3 is 2.41 bits per heavy atom. The van der Waals surface area contributed by atoms with Crippen molar-refractivity contribution in [1.82, 2.24) is 0 Å². The van der Waals surface area contributed by atoms with Gasteiger partial charge in [-0.25, -0.2) is 0 Å². The van der Waals surface area contributed by atoms with Gasteiger partial charge in [0.05, 0.1) is 0 Å². The van der Waals surface area contributed by atoms with Gasteiger partial charge >= 0.3 is 0 Å². The molecule has 0 atom stereocenters. The standard InChI is InChI=1S/C13H8Br2OS/c14-10-2-1-3-11(6-10)17-12-5-4-9(8-16)13(15)7-12/h1-8H. The molecule has 0 saturated heterocycles. The van der Waals surface area contributed by atoms with Crippen LogP contribution in [0.25, 0.3) is 0 Å². The summed E-state index contributed by atoms with van der Waals surface area (Å²) in [6, 6.07) is 13.8. The van der Waals surface area contributed by atoms with Gasteiger partial charge in [0.15, 0.2) is 6.29 Å². The first-order valence-electron chi connectivity index (χ1n) is 4.87. The van der Waals surface area contributed by atoms with Gasteiger partial charge in [0, 0.05) is 24.3 Å². The van der Waals surface area contributed by atoms with E-state index in [0.717, 1.165) is 25.0 Å². The first-order valence-corrected chi connectivity index (χ1v) is 7.27. The highest BCUT2D eigenvalue weighted by Crippen LogP contribution is 2.31. The predicted molar refractivity (Wildman–Crippen MR) is 77.8 cm³/mol. The maximum Gasteiger partial charge on any atom is 0.151 e. The lowest BCUT2D eigenvalue weighted by atomic mass is 10.2. The zero-order chi connectivity index (χ0) is 12.3. The van der Waals surface area contributed by atoms with E-state index in [4.69, 9.17) is 0 Å². The monoisotopic (exact) mass is 370 g/mol. The quantitative estimate of drug-likeness (QED) is 0.692. The number of hydrogen-bond donors (Lipinski definition) is 0. The number of carbonyl (C=O) groups excluding carboxylic acids is 1. The smallest absolute Gasteiger partial charge is 0.151 e. The van der Waals surface area contributed by atoms with Crippen LogP contribution in [0.3, 0.4) is 0 Å². The van der Waals surface area contributed by atoms with E-state index in [2.05, 4.69) is 44.0 Å². The van der Waals surface area contributed by atoms with E-state index >= 15 is 0 Å². The Kier molecular flexibility index (Phi) is 4.42. The number of rotatable bonds is 3. The molecule has 0 amide bonds. The lowest BCUT2D eigenvalue weighted by Gasteiger charge is -2.04. The van der Waals surface area contributed by atoms with Gasteiger partial charge in [0.2, 0.25) is 0 Å². The Hall–Kier alpha value is -0.580. The first-order chi connectivity index (χ1) is 8.19. The van der Waals surface area contributed by atoms with Crippen molar-refractivity contribution in [3.05, 3.63) is 57.0 Å². The molecule has 2 aromatic rings. The van der Waals surface area contributed by atoms with Crippen LogP contribution in [0.15, 0.2) is 61.2 Å². The van der Waals surface area contributed by atoms with E-state index in [9.17, 15) is 4.79 Å². The van der Waals surface area contributed by atoms with Crippen molar-refractivity contribution in [2.24, 2.45) is 0 Å². The van der Waals surface area contributed by atoms with Crippen LogP contribution in [0.1, 0.15) is 10.4 Å². The molecule has 4 heteroatoms. The molecule has 0 fully saturated rings. The Morgan fingerprint density at radius 2 is 1.76 bits per heavy atom. The van der Waals surface area contributed by atoms with Crippen LogP contribution in [0.2, 0.25) is 0 Å². The largest absolute Gasteiger partial charge is 0.298 e. The second-order valence-electron chi connectivity index (χ2n) is 3.36. The molecule has 0 heterocycles. The molecule has 0 radical (unpaired) electrons. The van der Waals surface area contributed by atoms with Crippen molar-refractivity contribution < 1.29 is 4.79 Å². The Morgan fingerprint density at radius 1 is 1.00 bits per heavy atom. The Labute approximate surface area is 121 Å². The van der Waals surface area contributed by atoms with E-state index in [0.29, 0.717) is 5.56 Å². The molecule has 86 valence electrons. The minimum Gasteiger partial charge on any atom is -0.298 e. The molecular formula is C13H8Br2OS. The SMILES string of the molecule is O=Cc1ccc(Sc2cccc(Br)c2)cc1Br. The molecule has 0 aliphatic carbocycles. The van der Waals surface area contributed by atoms with Crippen LogP contribution < -0.4 is 0 Å². The number of benzene rings is 2. The van der Waals surface area contributed by atoms with E-state index in [-0.39, 0.29) is 0 Å². The van der Waals surface area contributed by atoms with Crippen molar-refractivity contribution >= 4 is 49.9 Å². The van der Waals surface area contributed by atoms with Crippen LogP contribution >= 0.6 is 43.6 Å². The second kappa shape index (κ2) is 5.85. The molecule has 0 N–H and O–H groups in total. The van der Waals surface area contributed by atoms with Crippen molar-refractivity contribution in [3.63, 3.8) is 0 Å². The highest BCUT2D eigenvalue weighted by molar-refractivity contribution is 9.10. The van der Waals surface area contributed by atoms with E-state index in [1.54, 1.807) is 11.8 Å². The summed E-state index contributed by atoms with van der Waals surface area (Å²) < 4.78 is 1.89. The van der Waals surface area contributed by atoms with Crippen molar-refractivity contribution in [3.8, 4) is 0 Å². The summed E-state index contributed by atoms with van der Waals surface area (Å²) in [5.41, 5.74) is 0.670. The lowest BCUT2D eigenvalue weighted by molar-refractivity contribution is 0.112. The molecular weight excluding hydrogens is 364 g/mol. The average molecular weight is 372 g/mol. The summed E-state index contributed by atoms with van der Waals surface area (Å²) in [4.78, 5) is 13.0. The molecule has 0 bridgehead atoms. The summed E-state index contributed by atoms with van der Waals surface area (Å²) >= 11 is 8.48. The van der Waals surface area contributed by atoms with E-state index < -0.39 is 0 Å². The van der Waals surface area contributed by atoms with E-state index in [1.807, 2.05) is 30.3 Å². The lowest BCUT2D eigenvalue weighted by Crippen LogP contribution is -1.82. The van der Waals surface area contributed by atoms with Gasteiger partial charge in [-0.3, -0.25) is 4.79 Å². The molecule has 2 rings (SSSR count). The van der Waals surface area contributed by atoms with Gasteiger partial charge in [-0.05, 0) is 36.4 Å². The molecule has 17 heavy (non-hydrogen) atoms. The fourth-order valence-corrected chi connectivity index (χ4v) is 3.43. The fraction of sp³-hybridized carbons (Fsp3) is 0. The van der Waals surface area contributed by atoms with Crippen LogP contribution in [-0.2, 0) is 0 Å². The maximum atomic E-state index is 10.7. The molecule has 0 spiro atoms. The van der Waals surface area contributed by atoms with Gasteiger partial charge in [-0.1, -0.05) is 49.7 Å². The number of carbonyl (C=O) groups is 1. The van der Waals surface area contributed by atoms with Crippen molar-refractivity contribution in [2.75, 3.05) is 0 Å². The van der Waals surface area contributed by atoms with Gasteiger partial charge in [-0.2, -0.15) is 0 Å². The summed E-state index contributed by atoms with van der Waals surface area (Å²) in [5, 5.41) is 0. The molecule has 0 saturated carbocycles. The van der Waals surface area contributed by atoms with Gasteiger partial charge < -0.3 is 0 Å². The first kappa shape index (κ1) is 12.9. The third-order valence-corrected chi connectivity index (χ3v) is 4.29. The average Bonchev–Trinajstić information content (AvgIpc) is 2.29. The van der Waals surface area contributed by atoms with Gasteiger partial charge in [0.25, 0.3) is 0 Å². The maximum absolute atomic E-state index is 10.7. The van der Waals surface area contributed by atoms with Crippen LogP contribution in [0, 0.1) is 0 Å². The molecule has 0 unspecified atom stereocenters. The normalized spacial score (nSPS) is 10.2. The number of hydrogen-bond acceptors (Lipinski definition) is 2. The highest BCUT2D eigenvalue weighted by atomic mass is 79.9. The Balaban J connectivity index is 2.24. The summed E-state index contributed by atoms with van der Waals surface area (Å²) in [6.45, 7) is 0. The molecule has 2 aromatic carbocycles. The second-order valence-corrected chi connectivity index (χ2v) is 6.28. The third kappa shape index (κ3) is 3.44. The minimum absolute atomic E-state index is 0.670. The molecule has 0 aliphatic heterocycles. The zero-order valence-electron chi connectivity index (χ0n) is 8.69. The topological polar surface area (TPSA) is 17.1 Å². The highest BCUT2D eigenvalue weighted by Gasteiger charge is 2.02. The Bertz CT molecular complexity index is 555. The molecule has 1 nitrogen and oxygen atoms in total. The predicted octanol–water partition coefficient (Wildman–Crippen LogP) is 5.18. The fourth-order valence-electron chi connectivity index (χ4n) is 1.33. The van der Waals surface area contributed by atoms with Gasteiger partial charge in [0.1, 0.15) is 0 Å². The summed E-state index contributed by atoms with van der Waals surface area (Å²) in [6.07, 6.45) is 0.845. The van der Waals surface area contributed by atoms with Crippen molar-refractivity contribution in [2.45, 2.75) is 9.79 Å². The zero-order valence-corrected chi connectivity index (χ0v) is 12.7. The van der Waals surface area contributed by atoms with Crippen LogP contribution in [0.5, 0.6) is 0 Å².